The topological polar surface area (TPSA) is 98.2 Å². The molecule has 0 aromatic carbocycles. The molecule has 88 valence electrons. The van der Waals surface area contributed by atoms with Gasteiger partial charge in [0.15, 0.2) is 0 Å². The van der Waals surface area contributed by atoms with Crippen LogP contribution in [0.5, 0.6) is 0 Å². The van der Waals surface area contributed by atoms with E-state index in [1.807, 2.05) is 6.92 Å². The molecule has 0 aromatic heterocycles. The van der Waals surface area contributed by atoms with Gasteiger partial charge in [-0.1, -0.05) is 12.0 Å². The maximum atomic E-state index is 11.9. The molecule has 1 rings (SSSR count). The molecule has 0 bridgehead atoms. The number of nitrogens with one attached hydrogen (secondary N) is 1. The minimum absolute atomic E-state index is 0.207. The van der Waals surface area contributed by atoms with Gasteiger partial charge >= 0.3 is 6.03 Å². The first kappa shape index (κ1) is 12.3. The molecule has 1 aliphatic heterocycles. The molecule has 0 aromatic rings. The average molecular weight is 225 g/mol. The zero-order valence-electron chi connectivity index (χ0n) is 9.43. The molecule has 1 heterocycles. The second-order valence-electron chi connectivity index (χ2n) is 3.88. The SMILES string of the molecule is CCC1(C)NC(=O)N(CCCN=[N+]=[N-])C1=O. The molecule has 1 saturated heterocycles. The van der Waals surface area contributed by atoms with E-state index in [0.29, 0.717) is 19.4 Å². The predicted molar refractivity (Wildman–Crippen MR) is 57.6 cm³/mol. The summed E-state index contributed by atoms with van der Waals surface area (Å²) < 4.78 is 0. The molecule has 0 saturated carbocycles. The summed E-state index contributed by atoms with van der Waals surface area (Å²) in [6.45, 7) is 4.14. The van der Waals surface area contributed by atoms with Crippen LogP contribution in [-0.4, -0.2) is 35.5 Å². The largest absolute Gasteiger partial charge is 0.325 e. The lowest BCUT2D eigenvalue weighted by molar-refractivity contribution is -0.130. The van der Waals surface area contributed by atoms with Crippen LogP contribution >= 0.6 is 0 Å². The third-order valence-electron chi connectivity index (χ3n) is 2.76. The predicted octanol–water partition coefficient (Wildman–Crippen LogP) is 1.41. The van der Waals surface area contributed by atoms with Crippen LogP contribution in [0.1, 0.15) is 26.7 Å². The van der Waals surface area contributed by atoms with Crippen LogP contribution in [0.25, 0.3) is 10.4 Å². The van der Waals surface area contributed by atoms with Crippen LogP contribution < -0.4 is 5.32 Å². The molecule has 0 aliphatic carbocycles. The Morgan fingerprint density at radius 3 is 2.75 bits per heavy atom. The van der Waals surface area contributed by atoms with E-state index in [1.54, 1.807) is 6.92 Å². The smallest absolute Gasteiger partial charge is 0.323 e. The number of nitrogens with zero attached hydrogens (tertiary/aromatic N) is 4. The summed E-state index contributed by atoms with van der Waals surface area (Å²) in [5, 5.41) is 6.00. The molecule has 3 amide bonds. The van der Waals surface area contributed by atoms with Crippen molar-refractivity contribution in [1.29, 1.82) is 0 Å². The van der Waals surface area contributed by atoms with Gasteiger partial charge in [0.25, 0.3) is 5.91 Å². The first-order valence-corrected chi connectivity index (χ1v) is 5.20. The standard InChI is InChI=1S/C9H15N5O2/c1-3-9(2)7(15)14(8(16)12-9)6-4-5-11-13-10/h3-6H2,1-2H3,(H,12,16). The number of carbonyl (C=O) groups excluding carboxylic acids is 2. The van der Waals surface area contributed by atoms with E-state index in [1.165, 1.54) is 4.90 Å². The van der Waals surface area contributed by atoms with Crippen molar-refractivity contribution in [3.8, 4) is 0 Å². The van der Waals surface area contributed by atoms with Gasteiger partial charge in [-0.2, -0.15) is 0 Å². The van der Waals surface area contributed by atoms with Crippen LogP contribution in [0.15, 0.2) is 5.11 Å². The lowest BCUT2D eigenvalue weighted by Gasteiger charge is -2.19. The third kappa shape index (κ3) is 2.25. The molecule has 1 unspecified atom stereocenters. The van der Waals surface area contributed by atoms with Crippen molar-refractivity contribution in [3.63, 3.8) is 0 Å². The Kier molecular flexibility index (Phi) is 3.73. The van der Waals surface area contributed by atoms with Crippen LogP contribution in [0, 0.1) is 0 Å². The molecule has 7 nitrogen and oxygen atoms in total. The van der Waals surface area contributed by atoms with Crippen molar-refractivity contribution in [1.82, 2.24) is 10.2 Å². The summed E-state index contributed by atoms with van der Waals surface area (Å²) in [6, 6.07) is -0.365. The highest BCUT2D eigenvalue weighted by Crippen LogP contribution is 2.20. The summed E-state index contributed by atoms with van der Waals surface area (Å²) in [5.74, 6) is -0.207. The molecule has 1 N–H and O–H groups in total. The molecule has 1 aliphatic rings. The van der Waals surface area contributed by atoms with E-state index >= 15 is 0 Å². The van der Waals surface area contributed by atoms with Crippen LogP contribution in [0.3, 0.4) is 0 Å². The molecule has 1 fully saturated rings. The minimum Gasteiger partial charge on any atom is -0.323 e. The van der Waals surface area contributed by atoms with Gasteiger partial charge in [0.1, 0.15) is 5.54 Å². The molecular weight excluding hydrogens is 210 g/mol. The number of imide groups is 1. The van der Waals surface area contributed by atoms with Crippen molar-refractivity contribution < 1.29 is 9.59 Å². The zero-order valence-corrected chi connectivity index (χ0v) is 9.43. The Labute approximate surface area is 93.4 Å². The van der Waals surface area contributed by atoms with Gasteiger partial charge in [-0.15, -0.1) is 0 Å². The summed E-state index contributed by atoms with van der Waals surface area (Å²) in [6.07, 6.45) is 1.05. The molecule has 16 heavy (non-hydrogen) atoms. The maximum absolute atomic E-state index is 11.9. The highest BCUT2D eigenvalue weighted by Gasteiger charge is 2.45. The Morgan fingerprint density at radius 1 is 1.56 bits per heavy atom. The summed E-state index contributed by atoms with van der Waals surface area (Å²) >= 11 is 0. The van der Waals surface area contributed by atoms with E-state index in [2.05, 4.69) is 15.3 Å². The third-order valence-corrected chi connectivity index (χ3v) is 2.76. The Hall–Kier alpha value is -1.75. The first-order chi connectivity index (χ1) is 7.55. The zero-order chi connectivity index (χ0) is 12.2. The highest BCUT2D eigenvalue weighted by atomic mass is 16.2. The quantitative estimate of drug-likeness (QED) is 0.251. The van der Waals surface area contributed by atoms with E-state index in [-0.39, 0.29) is 18.5 Å². The number of hydrogen-bond acceptors (Lipinski definition) is 3. The Balaban J connectivity index is 2.58. The second-order valence-corrected chi connectivity index (χ2v) is 3.88. The maximum Gasteiger partial charge on any atom is 0.325 e. The van der Waals surface area contributed by atoms with E-state index in [4.69, 9.17) is 5.53 Å². The van der Waals surface area contributed by atoms with Gasteiger partial charge in [0, 0.05) is 18.0 Å². The number of urea groups is 1. The van der Waals surface area contributed by atoms with E-state index < -0.39 is 5.54 Å². The van der Waals surface area contributed by atoms with Gasteiger partial charge in [0.05, 0.1) is 0 Å². The second kappa shape index (κ2) is 4.85. The summed E-state index contributed by atoms with van der Waals surface area (Å²) in [4.78, 5) is 27.2. The van der Waals surface area contributed by atoms with E-state index in [0.717, 1.165) is 0 Å². The van der Waals surface area contributed by atoms with Gasteiger partial charge in [-0.25, -0.2) is 4.79 Å². The van der Waals surface area contributed by atoms with Crippen molar-refractivity contribution in [2.75, 3.05) is 13.1 Å². The highest BCUT2D eigenvalue weighted by molar-refractivity contribution is 6.06. The van der Waals surface area contributed by atoms with Crippen molar-refractivity contribution in [3.05, 3.63) is 10.4 Å². The summed E-state index contributed by atoms with van der Waals surface area (Å²) in [7, 11) is 0. The first-order valence-electron chi connectivity index (χ1n) is 5.20. The Morgan fingerprint density at radius 2 is 2.25 bits per heavy atom. The fourth-order valence-electron chi connectivity index (χ4n) is 1.53. The number of azide groups is 1. The van der Waals surface area contributed by atoms with Crippen LogP contribution in [0.2, 0.25) is 0 Å². The fraction of sp³-hybridized carbons (Fsp3) is 0.778. The van der Waals surface area contributed by atoms with Gasteiger partial charge in [-0.3, -0.25) is 9.69 Å². The number of rotatable bonds is 5. The van der Waals surface area contributed by atoms with Gasteiger partial charge in [-0.05, 0) is 25.3 Å². The minimum atomic E-state index is -0.782. The molecule has 7 heteroatoms. The normalized spacial score (nSPS) is 24.2. The monoisotopic (exact) mass is 225 g/mol. The van der Waals surface area contributed by atoms with Crippen molar-refractivity contribution in [2.45, 2.75) is 32.2 Å². The number of hydrogen-bond donors (Lipinski definition) is 1. The average Bonchev–Trinajstić information content (AvgIpc) is 2.48. The van der Waals surface area contributed by atoms with Gasteiger partial charge < -0.3 is 5.32 Å². The lowest BCUT2D eigenvalue weighted by Crippen LogP contribution is -2.43. The van der Waals surface area contributed by atoms with E-state index in [9.17, 15) is 9.59 Å². The van der Waals surface area contributed by atoms with Crippen LogP contribution in [-0.2, 0) is 4.79 Å². The summed E-state index contributed by atoms with van der Waals surface area (Å²) in [5.41, 5.74) is 7.30. The van der Waals surface area contributed by atoms with Crippen molar-refractivity contribution in [2.24, 2.45) is 5.11 Å². The Bertz CT molecular complexity index is 350. The van der Waals surface area contributed by atoms with Gasteiger partial charge in [0.2, 0.25) is 0 Å². The lowest BCUT2D eigenvalue weighted by atomic mass is 9.99. The molecular formula is C9H15N5O2. The number of carbonyl (C=O) groups is 2. The fourth-order valence-corrected chi connectivity index (χ4v) is 1.53. The molecule has 0 radical (unpaired) electrons. The number of amides is 3. The molecule has 1 atom stereocenters. The van der Waals surface area contributed by atoms with Crippen LogP contribution in [0.4, 0.5) is 4.79 Å². The van der Waals surface area contributed by atoms with Crippen molar-refractivity contribution >= 4 is 11.9 Å². The molecule has 0 spiro atoms.